The van der Waals surface area contributed by atoms with Gasteiger partial charge in [0.25, 0.3) is 0 Å². The standard InChI is InChI=1S/C29H46O3/c1-3-4-5-6-7-8-9-10-11-28(31)32-27-17-15-23-24-13-12-21-20-22(30)18-19-29(21,2)26(24)16-14-25(23)27/h20,23-27H,3-19H2,1-2H3/t23-,24-,25?,26-,27-,29-/m0/s1. The summed E-state index contributed by atoms with van der Waals surface area (Å²) in [4.78, 5) is 24.5. The first-order valence-electron chi connectivity index (χ1n) is 14.0. The predicted molar refractivity (Wildman–Crippen MR) is 129 cm³/mol. The van der Waals surface area contributed by atoms with Crippen LogP contribution in [-0.4, -0.2) is 17.9 Å². The fourth-order valence-electron chi connectivity index (χ4n) is 7.94. The molecule has 0 radical (unpaired) electrons. The van der Waals surface area contributed by atoms with Gasteiger partial charge in [-0.3, -0.25) is 9.59 Å². The molecule has 180 valence electrons. The van der Waals surface area contributed by atoms with Gasteiger partial charge in [0.1, 0.15) is 6.10 Å². The Bertz CT molecular complexity index is 695. The van der Waals surface area contributed by atoms with Crippen molar-refractivity contribution in [3.8, 4) is 0 Å². The second-order valence-electron chi connectivity index (χ2n) is 11.6. The van der Waals surface area contributed by atoms with Gasteiger partial charge >= 0.3 is 5.97 Å². The van der Waals surface area contributed by atoms with E-state index in [-0.39, 0.29) is 17.5 Å². The van der Waals surface area contributed by atoms with Crippen molar-refractivity contribution in [1.82, 2.24) is 0 Å². The van der Waals surface area contributed by atoms with E-state index in [1.165, 1.54) is 76.2 Å². The number of rotatable bonds is 10. The Hall–Kier alpha value is -1.12. The summed E-state index contributed by atoms with van der Waals surface area (Å²) in [5, 5.41) is 0. The fourth-order valence-corrected chi connectivity index (χ4v) is 7.94. The van der Waals surface area contributed by atoms with E-state index in [9.17, 15) is 9.59 Å². The van der Waals surface area contributed by atoms with E-state index in [0.29, 0.717) is 18.1 Å². The van der Waals surface area contributed by atoms with E-state index in [2.05, 4.69) is 13.8 Å². The highest BCUT2D eigenvalue weighted by atomic mass is 16.5. The highest BCUT2D eigenvalue weighted by molar-refractivity contribution is 5.91. The molecule has 3 nitrogen and oxygen atoms in total. The highest BCUT2D eigenvalue weighted by Gasteiger charge is 2.55. The van der Waals surface area contributed by atoms with Crippen molar-refractivity contribution in [2.24, 2.45) is 29.1 Å². The second-order valence-corrected chi connectivity index (χ2v) is 11.6. The first kappa shape index (κ1) is 24.0. The van der Waals surface area contributed by atoms with Crippen LogP contribution in [0.25, 0.3) is 0 Å². The zero-order chi connectivity index (χ0) is 22.6. The molecule has 3 heteroatoms. The first-order valence-corrected chi connectivity index (χ1v) is 14.0. The molecule has 0 aromatic heterocycles. The van der Waals surface area contributed by atoms with Gasteiger partial charge in [-0.2, -0.15) is 0 Å². The summed E-state index contributed by atoms with van der Waals surface area (Å²) in [7, 11) is 0. The third-order valence-corrected chi connectivity index (χ3v) is 9.73. The Morgan fingerprint density at radius 2 is 1.62 bits per heavy atom. The van der Waals surface area contributed by atoms with Gasteiger partial charge in [-0.25, -0.2) is 0 Å². The lowest BCUT2D eigenvalue weighted by atomic mass is 9.50. The van der Waals surface area contributed by atoms with Gasteiger partial charge in [0.15, 0.2) is 5.78 Å². The lowest BCUT2D eigenvalue weighted by Crippen LogP contribution is -2.48. The third kappa shape index (κ3) is 5.17. The van der Waals surface area contributed by atoms with Crippen LogP contribution in [0.15, 0.2) is 11.6 Å². The number of carbonyl (C=O) groups excluding carboxylic acids is 2. The molecule has 0 aromatic carbocycles. The molecule has 0 saturated heterocycles. The Labute approximate surface area is 196 Å². The molecular formula is C29H46O3. The SMILES string of the molecule is CCCCCCCCCCC(=O)O[C@H]1CC[C@@H]2C1CC[C@H]1[C@H]2CCC2=CC(=O)CC[C@@]21C. The van der Waals surface area contributed by atoms with Gasteiger partial charge in [-0.15, -0.1) is 0 Å². The Morgan fingerprint density at radius 3 is 2.41 bits per heavy atom. The summed E-state index contributed by atoms with van der Waals surface area (Å²) in [5.74, 6) is 3.19. The van der Waals surface area contributed by atoms with Gasteiger partial charge in [0.2, 0.25) is 0 Å². The van der Waals surface area contributed by atoms with E-state index in [1.807, 2.05) is 6.08 Å². The van der Waals surface area contributed by atoms with Gasteiger partial charge in [0.05, 0.1) is 0 Å². The topological polar surface area (TPSA) is 43.4 Å². The quantitative estimate of drug-likeness (QED) is 0.259. The van der Waals surface area contributed by atoms with Crippen molar-refractivity contribution in [2.45, 2.75) is 129 Å². The zero-order valence-electron chi connectivity index (χ0n) is 20.7. The van der Waals surface area contributed by atoms with Crippen LogP contribution in [0, 0.1) is 29.1 Å². The predicted octanol–water partition coefficient (Wildman–Crippen LogP) is 7.57. The van der Waals surface area contributed by atoms with E-state index < -0.39 is 0 Å². The average Bonchev–Trinajstić information content (AvgIpc) is 3.19. The normalized spacial score (nSPS) is 36.1. The van der Waals surface area contributed by atoms with E-state index >= 15 is 0 Å². The molecule has 1 unspecified atom stereocenters. The average molecular weight is 443 g/mol. The maximum atomic E-state index is 12.5. The first-order chi connectivity index (χ1) is 15.5. The van der Waals surface area contributed by atoms with Crippen LogP contribution in [0.2, 0.25) is 0 Å². The monoisotopic (exact) mass is 442 g/mol. The molecular weight excluding hydrogens is 396 g/mol. The third-order valence-electron chi connectivity index (χ3n) is 9.73. The lowest BCUT2D eigenvalue weighted by molar-refractivity contribution is -0.153. The summed E-state index contributed by atoms with van der Waals surface area (Å²) >= 11 is 0. The van der Waals surface area contributed by atoms with Crippen LogP contribution in [0.4, 0.5) is 0 Å². The van der Waals surface area contributed by atoms with Crippen LogP contribution in [-0.2, 0) is 14.3 Å². The van der Waals surface area contributed by atoms with Crippen LogP contribution >= 0.6 is 0 Å². The van der Waals surface area contributed by atoms with Crippen molar-refractivity contribution >= 4 is 11.8 Å². The number of esters is 1. The van der Waals surface area contributed by atoms with Gasteiger partial charge < -0.3 is 4.74 Å². The number of ether oxygens (including phenoxy) is 1. The Balaban J connectivity index is 1.22. The molecule has 4 rings (SSSR count). The van der Waals surface area contributed by atoms with Crippen molar-refractivity contribution in [3.63, 3.8) is 0 Å². The van der Waals surface area contributed by atoms with Crippen molar-refractivity contribution in [2.75, 3.05) is 0 Å². The minimum absolute atomic E-state index is 0.0513. The summed E-state index contributed by atoms with van der Waals surface area (Å²) in [6, 6.07) is 0. The number of ketones is 1. The Morgan fingerprint density at radius 1 is 0.906 bits per heavy atom. The zero-order valence-corrected chi connectivity index (χ0v) is 20.7. The molecule has 0 bridgehead atoms. The maximum Gasteiger partial charge on any atom is 0.306 e. The van der Waals surface area contributed by atoms with Crippen molar-refractivity contribution < 1.29 is 14.3 Å². The minimum atomic E-state index is 0.0513. The smallest absolute Gasteiger partial charge is 0.306 e. The molecule has 4 aliphatic rings. The summed E-state index contributed by atoms with van der Waals surface area (Å²) < 4.78 is 6.07. The van der Waals surface area contributed by atoms with Gasteiger partial charge in [-0.1, -0.05) is 64.4 Å². The summed E-state index contributed by atoms with van der Waals surface area (Å²) in [6.07, 6.45) is 21.7. The molecule has 0 N–H and O–H groups in total. The molecule has 3 saturated carbocycles. The fraction of sp³-hybridized carbons (Fsp3) is 0.862. The number of hydrogen-bond donors (Lipinski definition) is 0. The number of allylic oxidation sites excluding steroid dienone is 1. The molecule has 0 heterocycles. The molecule has 0 aliphatic heterocycles. The minimum Gasteiger partial charge on any atom is -0.462 e. The number of hydrogen-bond acceptors (Lipinski definition) is 3. The van der Waals surface area contributed by atoms with E-state index in [4.69, 9.17) is 4.74 Å². The maximum absolute atomic E-state index is 12.5. The molecule has 0 amide bonds. The number of unbranched alkanes of at least 4 members (excludes halogenated alkanes) is 7. The number of carbonyl (C=O) groups is 2. The van der Waals surface area contributed by atoms with Crippen LogP contribution in [0.3, 0.4) is 0 Å². The largest absolute Gasteiger partial charge is 0.462 e. The van der Waals surface area contributed by atoms with Crippen molar-refractivity contribution in [1.29, 1.82) is 0 Å². The molecule has 4 aliphatic carbocycles. The van der Waals surface area contributed by atoms with E-state index in [0.717, 1.165) is 49.9 Å². The van der Waals surface area contributed by atoms with E-state index in [1.54, 1.807) is 0 Å². The highest BCUT2D eigenvalue weighted by Crippen LogP contribution is 2.61. The molecule has 0 aromatic rings. The second kappa shape index (κ2) is 10.9. The summed E-state index contributed by atoms with van der Waals surface area (Å²) in [6.45, 7) is 4.70. The lowest BCUT2D eigenvalue weighted by Gasteiger charge is -2.55. The van der Waals surface area contributed by atoms with Gasteiger partial charge in [-0.05, 0) is 86.5 Å². The van der Waals surface area contributed by atoms with Crippen LogP contribution in [0.1, 0.15) is 123 Å². The molecule has 0 spiro atoms. The molecule has 32 heavy (non-hydrogen) atoms. The molecule has 6 atom stereocenters. The van der Waals surface area contributed by atoms with Gasteiger partial charge in [0, 0.05) is 12.8 Å². The Kier molecular flexibility index (Phi) is 8.16. The molecule has 3 fully saturated rings. The summed E-state index contributed by atoms with van der Waals surface area (Å²) in [5.41, 5.74) is 1.69. The van der Waals surface area contributed by atoms with Crippen molar-refractivity contribution in [3.05, 3.63) is 11.6 Å². The van der Waals surface area contributed by atoms with Crippen LogP contribution in [0.5, 0.6) is 0 Å². The number of fused-ring (bicyclic) bond motifs is 5. The van der Waals surface area contributed by atoms with Crippen LogP contribution < -0.4 is 0 Å².